The van der Waals surface area contributed by atoms with Crippen LogP contribution < -0.4 is 0 Å². The lowest BCUT2D eigenvalue weighted by atomic mass is 9.91. The van der Waals surface area contributed by atoms with Crippen LogP contribution in [0.2, 0.25) is 0 Å². The third-order valence-electron chi connectivity index (χ3n) is 2.81. The standard InChI is InChI=1S/C12H14N2O/c1-14-7-12(8-14)11-4-2-3-10(5-11)6-13-9-15/h2-5,12H,6-8H2,1H3. The summed E-state index contributed by atoms with van der Waals surface area (Å²) in [6.45, 7) is 2.70. The minimum atomic E-state index is 0.444. The maximum Gasteiger partial charge on any atom is 0.235 e. The van der Waals surface area contributed by atoms with Gasteiger partial charge in [0.25, 0.3) is 0 Å². The molecule has 0 unspecified atom stereocenters. The molecule has 1 aliphatic rings. The zero-order chi connectivity index (χ0) is 10.7. The fourth-order valence-corrected chi connectivity index (χ4v) is 1.98. The molecule has 3 heteroatoms. The van der Waals surface area contributed by atoms with Crippen molar-refractivity contribution >= 4 is 6.08 Å². The van der Waals surface area contributed by atoms with Crippen molar-refractivity contribution in [3.8, 4) is 0 Å². The molecule has 0 saturated carbocycles. The summed E-state index contributed by atoms with van der Waals surface area (Å²) in [5, 5.41) is 0. The second kappa shape index (κ2) is 4.39. The highest BCUT2D eigenvalue weighted by Gasteiger charge is 2.24. The topological polar surface area (TPSA) is 32.7 Å². The summed E-state index contributed by atoms with van der Waals surface area (Å²) in [6.07, 6.45) is 1.57. The van der Waals surface area contributed by atoms with Gasteiger partial charge in [-0.2, -0.15) is 0 Å². The van der Waals surface area contributed by atoms with Crippen molar-refractivity contribution < 1.29 is 4.79 Å². The summed E-state index contributed by atoms with van der Waals surface area (Å²) >= 11 is 0. The molecule has 15 heavy (non-hydrogen) atoms. The van der Waals surface area contributed by atoms with Gasteiger partial charge in [-0.25, -0.2) is 9.79 Å². The smallest absolute Gasteiger partial charge is 0.235 e. The molecule has 1 fully saturated rings. The van der Waals surface area contributed by atoms with Gasteiger partial charge >= 0.3 is 0 Å². The number of likely N-dealkylation sites (N-methyl/N-ethyl adjacent to an activating group) is 1. The zero-order valence-electron chi connectivity index (χ0n) is 8.81. The van der Waals surface area contributed by atoms with E-state index in [1.54, 1.807) is 6.08 Å². The number of hydrogen-bond acceptors (Lipinski definition) is 3. The number of nitrogens with zero attached hydrogens (tertiary/aromatic N) is 2. The number of carbonyl (C=O) groups excluding carboxylic acids is 1. The maximum absolute atomic E-state index is 10.0. The van der Waals surface area contributed by atoms with Gasteiger partial charge in [0.05, 0.1) is 6.54 Å². The molecule has 0 atom stereocenters. The van der Waals surface area contributed by atoms with Crippen molar-refractivity contribution in [2.24, 2.45) is 4.99 Å². The predicted octanol–water partition coefficient (Wildman–Crippen LogP) is 1.55. The van der Waals surface area contributed by atoms with E-state index in [1.807, 2.05) is 12.1 Å². The Kier molecular flexibility index (Phi) is 2.95. The van der Waals surface area contributed by atoms with Gasteiger partial charge in [0.15, 0.2) is 0 Å². The van der Waals surface area contributed by atoms with E-state index in [9.17, 15) is 4.79 Å². The Morgan fingerprint density at radius 2 is 2.33 bits per heavy atom. The second-order valence-corrected chi connectivity index (χ2v) is 4.07. The Balaban J connectivity index is 2.08. The number of aliphatic imine (C=N–C) groups is 1. The van der Waals surface area contributed by atoms with Gasteiger partial charge in [0, 0.05) is 19.0 Å². The molecule has 1 heterocycles. The van der Waals surface area contributed by atoms with Crippen molar-refractivity contribution in [2.45, 2.75) is 12.5 Å². The van der Waals surface area contributed by atoms with Crippen LogP contribution in [0.25, 0.3) is 0 Å². The van der Waals surface area contributed by atoms with Crippen LogP contribution in [0.15, 0.2) is 29.3 Å². The Hall–Kier alpha value is -1.44. The van der Waals surface area contributed by atoms with Crippen LogP contribution in [0.5, 0.6) is 0 Å². The molecule has 1 aromatic rings. The van der Waals surface area contributed by atoms with E-state index < -0.39 is 0 Å². The van der Waals surface area contributed by atoms with Crippen LogP contribution in [0.3, 0.4) is 0 Å². The first-order valence-electron chi connectivity index (χ1n) is 5.10. The lowest BCUT2D eigenvalue weighted by Crippen LogP contribution is -2.41. The highest BCUT2D eigenvalue weighted by atomic mass is 16.1. The summed E-state index contributed by atoms with van der Waals surface area (Å²) in [5.41, 5.74) is 2.44. The number of rotatable bonds is 3. The molecule has 0 spiro atoms. The van der Waals surface area contributed by atoms with Crippen molar-refractivity contribution in [1.29, 1.82) is 0 Å². The van der Waals surface area contributed by atoms with Gasteiger partial charge in [-0.3, -0.25) is 0 Å². The van der Waals surface area contributed by atoms with Crippen LogP contribution in [-0.4, -0.2) is 31.1 Å². The van der Waals surface area contributed by atoms with Crippen LogP contribution >= 0.6 is 0 Å². The zero-order valence-corrected chi connectivity index (χ0v) is 8.81. The fourth-order valence-electron chi connectivity index (χ4n) is 1.98. The average molecular weight is 202 g/mol. The van der Waals surface area contributed by atoms with E-state index in [1.165, 1.54) is 5.56 Å². The summed E-state index contributed by atoms with van der Waals surface area (Å²) in [6, 6.07) is 8.31. The van der Waals surface area contributed by atoms with E-state index in [4.69, 9.17) is 0 Å². The highest BCUT2D eigenvalue weighted by molar-refractivity contribution is 5.34. The molecule has 1 saturated heterocycles. The maximum atomic E-state index is 10.0. The first kappa shape index (κ1) is 10.1. The lowest BCUT2D eigenvalue weighted by molar-refractivity contribution is 0.189. The molecular formula is C12H14N2O. The van der Waals surface area contributed by atoms with Crippen LogP contribution in [0.4, 0.5) is 0 Å². The molecule has 0 aromatic heterocycles. The summed E-state index contributed by atoms with van der Waals surface area (Å²) in [5.74, 6) is 0.648. The molecule has 1 aliphatic heterocycles. The molecular weight excluding hydrogens is 188 g/mol. The molecule has 78 valence electrons. The minimum Gasteiger partial charge on any atom is -0.305 e. The third-order valence-corrected chi connectivity index (χ3v) is 2.81. The average Bonchev–Trinajstić information content (AvgIpc) is 2.22. The largest absolute Gasteiger partial charge is 0.305 e. The lowest BCUT2D eigenvalue weighted by Gasteiger charge is -2.36. The van der Waals surface area contributed by atoms with Gasteiger partial charge in [-0.1, -0.05) is 24.3 Å². The molecule has 0 N–H and O–H groups in total. The Morgan fingerprint density at radius 3 is 3.00 bits per heavy atom. The van der Waals surface area contributed by atoms with Gasteiger partial charge < -0.3 is 4.90 Å². The van der Waals surface area contributed by atoms with E-state index in [0.717, 1.165) is 18.7 Å². The minimum absolute atomic E-state index is 0.444. The van der Waals surface area contributed by atoms with E-state index in [2.05, 4.69) is 29.1 Å². The highest BCUT2D eigenvalue weighted by Crippen LogP contribution is 2.26. The quantitative estimate of drug-likeness (QED) is 0.550. The molecule has 0 radical (unpaired) electrons. The summed E-state index contributed by atoms with van der Waals surface area (Å²) < 4.78 is 0. The molecule has 1 aromatic carbocycles. The monoisotopic (exact) mass is 202 g/mol. The van der Waals surface area contributed by atoms with E-state index >= 15 is 0 Å². The van der Waals surface area contributed by atoms with Gasteiger partial charge in [0.2, 0.25) is 6.08 Å². The van der Waals surface area contributed by atoms with Crippen LogP contribution in [-0.2, 0) is 11.3 Å². The Morgan fingerprint density at radius 1 is 1.53 bits per heavy atom. The van der Waals surface area contributed by atoms with Crippen molar-refractivity contribution in [3.05, 3.63) is 35.4 Å². The Bertz CT molecular complexity index is 390. The SMILES string of the molecule is CN1CC(c2cccc(CN=C=O)c2)C1. The second-order valence-electron chi connectivity index (χ2n) is 4.07. The summed E-state index contributed by atoms with van der Waals surface area (Å²) in [7, 11) is 2.12. The van der Waals surface area contributed by atoms with Crippen LogP contribution in [0, 0.1) is 0 Å². The predicted molar refractivity (Wildman–Crippen MR) is 58.5 cm³/mol. The molecule has 0 amide bonds. The number of likely N-dealkylation sites (tertiary alicyclic amines) is 1. The Labute approximate surface area is 89.4 Å². The number of hydrogen-bond donors (Lipinski definition) is 0. The number of benzene rings is 1. The van der Waals surface area contributed by atoms with Gasteiger partial charge in [0.1, 0.15) is 0 Å². The first-order chi connectivity index (χ1) is 7.29. The summed E-state index contributed by atoms with van der Waals surface area (Å²) in [4.78, 5) is 15.9. The van der Waals surface area contributed by atoms with Crippen LogP contribution in [0.1, 0.15) is 17.0 Å². The van der Waals surface area contributed by atoms with Crippen molar-refractivity contribution in [3.63, 3.8) is 0 Å². The number of isocyanates is 1. The van der Waals surface area contributed by atoms with E-state index in [0.29, 0.717) is 12.5 Å². The van der Waals surface area contributed by atoms with Gasteiger partial charge in [-0.15, -0.1) is 0 Å². The first-order valence-corrected chi connectivity index (χ1v) is 5.10. The molecule has 3 nitrogen and oxygen atoms in total. The third kappa shape index (κ3) is 2.32. The molecule has 0 aliphatic carbocycles. The molecule has 2 rings (SSSR count). The van der Waals surface area contributed by atoms with Crippen molar-refractivity contribution in [2.75, 3.05) is 20.1 Å². The normalized spacial score (nSPS) is 16.9. The van der Waals surface area contributed by atoms with Gasteiger partial charge in [-0.05, 0) is 18.2 Å². The van der Waals surface area contributed by atoms with Crippen molar-refractivity contribution in [1.82, 2.24) is 4.90 Å². The fraction of sp³-hybridized carbons (Fsp3) is 0.417. The van der Waals surface area contributed by atoms with E-state index in [-0.39, 0.29) is 0 Å². The molecule has 0 bridgehead atoms.